The van der Waals surface area contributed by atoms with Crippen molar-refractivity contribution in [3.63, 3.8) is 0 Å². The zero-order chi connectivity index (χ0) is 14.6. The van der Waals surface area contributed by atoms with Gasteiger partial charge >= 0.3 is 6.18 Å². The van der Waals surface area contributed by atoms with E-state index in [1.54, 1.807) is 0 Å². The highest BCUT2D eigenvalue weighted by Gasteiger charge is 2.27. The van der Waals surface area contributed by atoms with Crippen LogP contribution >= 0.6 is 0 Å². The molecule has 0 spiro atoms. The minimum absolute atomic E-state index is 0.0204. The molecule has 0 saturated carbocycles. The largest absolute Gasteiger partial charge is 0.411 e. The van der Waals surface area contributed by atoms with Gasteiger partial charge in [-0.3, -0.25) is 0 Å². The number of ether oxygens (including phenoxy) is 1. The van der Waals surface area contributed by atoms with Crippen molar-refractivity contribution in [1.82, 2.24) is 4.98 Å². The Labute approximate surface area is 114 Å². The molecular formula is C14H15F3N2O. The molecule has 108 valence electrons. The van der Waals surface area contributed by atoms with Crippen LogP contribution < -0.4 is 5.32 Å². The van der Waals surface area contributed by atoms with Crippen molar-refractivity contribution in [2.45, 2.75) is 13.1 Å². The highest BCUT2D eigenvalue weighted by Crippen LogP contribution is 2.19. The van der Waals surface area contributed by atoms with Gasteiger partial charge in [0.25, 0.3) is 0 Å². The van der Waals surface area contributed by atoms with E-state index in [1.165, 1.54) is 0 Å². The molecule has 20 heavy (non-hydrogen) atoms. The summed E-state index contributed by atoms with van der Waals surface area (Å²) in [6.45, 7) is 0.937. The molecule has 0 radical (unpaired) electrons. The summed E-state index contributed by atoms with van der Waals surface area (Å²) >= 11 is 0. The SMILES string of the molecule is Cc1cc2ccccc2nc1NCCOCC(F)(F)F. The third-order valence-electron chi connectivity index (χ3n) is 2.72. The van der Waals surface area contributed by atoms with Crippen molar-refractivity contribution >= 4 is 16.7 Å². The van der Waals surface area contributed by atoms with Crippen LogP contribution in [0, 0.1) is 6.92 Å². The molecule has 0 atom stereocenters. The van der Waals surface area contributed by atoms with Gasteiger partial charge in [0.15, 0.2) is 0 Å². The standard InChI is InChI=1S/C14H15F3N2O/c1-10-8-11-4-2-3-5-12(11)19-13(10)18-6-7-20-9-14(15,16)17/h2-5,8H,6-7,9H2,1H3,(H,18,19). The summed E-state index contributed by atoms with van der Waals surface area (Å²) in [6.07, 6.45) is -4.28. The molecule has 2 aromatic rings. The van der Waals surface area contributed by atoms with Crippen LogP contribution in [0.15, 0.2) is 30.3 Å². The lowest BCUT2D eigenvalue weighted by Gasteiger charge is -2.11. The number of nitrogens with zero attached hydrogens (tertiary/aromatic N) is 1. The quantitative estimate of drug-likeness (QED) is 0.853. The summed E-state index contributed by atoms with van der Waals surface area (Å²) in [7, 11) is 0. The van der Waals surface area contributed by atoms with Crippen LogP contribution in [0.25, 0.3) is 10.9 Å². The van der Waals surface area contributed by atoms with E-state index >= 15 is 0 Å². The van der Waals surface area contributed by atoms with Crippen molar-refractivity contribution in [1.29, 1.82) is 0 Å². The summed E-state index contributed by atoms with van der Waals surface area (Å²) in [5.41, 5.74) is 1.79. The summed E-state index contributed by atoms with van der Waals surface area (Å²) in [5.74, 6) is 0.666. The van der Waals surface area contributed by atoms with Crippen LogP contribution in [-0.2, 0) is 4.74 Å². The lowest BCUT2D eigenvalue weighted by Crippen LogP contribution is -2.20. The first-order valence-corrected chi connectivity index (χ1v) is 6.20. The highest BCUT2D eigenvalue weighted by molar-refractivity contribution is 5.81. The molecule has 0 saturated heterocycles. The number of halogens is 3. The first-order chi connectivity index (χ1) is 9.46. The number of aryl methyl sites for hydroxylation is 1. The Morgan fingerprint density at radius 3 is 2.75 bits per heavy atom. The van der Waals surface area contributed by atoms with Crippen LogP contribution in [0.4, 0.5) is 19.0 Å². The maximum atomic E-state index is 11.9. The minimum atomic E-state index is -4.28. The van der Waals surface area contributed by atoms with Gasteiger partial charge in [-0.2, -0.15) is 13.2 Å². The Morgan fingerprint density at radius 1 is 1.25 bits per heavy atom. The summed E-state index contributed by atoms with van der Waals surface area (Å²) in [6, 6.07) is 9.66. The third kappa shape index (κ3) is 4.09. The summed E-state index contributed by atoms with van der Waals surface area (Å²) < 4.78 is 40.2. The number of para-hydroxylation sites is 1. The lowest BCUT2D eigenvalue weighted by atomic mass is 10.1. The molecule has 1 aromatic heterocycles. The van der Waals surface area contributed by atoms with Crippen molar-refractivity contribution in [3.8, 4) is 0 Å². The second-order valence-electron chi connectivity index (χ2n) is 4.44. The van der Waals surface area contributed by atoms with E-state index in [4.69, 9.17) is 0 Å². The van der Waals surface area contributed by atoms with Crippen molar-refractivity contribution < 1.29 is 17.9 Å². The van der Waals surface area contributed by atoms with Crippen LogP contribution in [-0.4, -0.2) is 30.9 Å². The predicted octanol–water partition coefficient (Wildman–Crippen LogP) is 3.53. The summed E-state index contributed by atoms with van der Waals surface area (Å²) in [4.78, 5) is 4.43. The first kappa shape index (κ1) is 14.6. The Kier molecular flexibility index (Phi) is 4.44. The number of benzene rings is 1. The first-order valence-electron chi connectivity index (χ1n) is 6.20. The Morgan fingerprint density at radius 2 is 2.00 bits per heavy atom. The van der Waals surface area contributed by atoms with Crippen LogP contribution in [0.2, 0.25) is 0 Å². The Balaban J connectivity index is 1.91. The molecule has 3 nitrogen and oxygen atoms in total. The van der Waals surface area contributed by atoms with E-state index in [2.05, 4.69) is 15.0 Å². The normalized spacial score (nSPS) is 11.8. The predicted molar refractivity (Wildman–Crippen MR) is 71.8 cm³/mol. The van der Waals surface area contributed by atoms with Crippen molar-refractivity contribution in [2.75, 3.05) is 25.1 Å². The van der Waals surface area contributed by atoms with Gasteiger partial charge in [0.05, 0.1) is 12.1 Å². The second-order valence-corrected chi connectivity index (χ2v) is 4.44. The van der Waals surface area contributed by atoms with E-state index in [1.807, 2.05) is 37.3 Å². The number of nitrogens with one attached hydrogen (secondary N) is 1. The van der Waals surface area contributed by atoms with E-state index in [9.17, 15) is 13.2 Å². The van der Waals surface area contributed by atoms with Crippen LogP contribution in [0.1, 0.15) is 5.56 Å². The smallest absolute Gasteiger partial charge is 0.370 e. The third-order valence-corrected chi connectivity index (χ3v) is 2.72. The number of hydrogen-bond donors (Lipinski definition) is 1. The van der Waals surface area contributed by atoms with Gasteiger partial charge in [-0.05, 0) is 24.6 Å². The minimum Gasteiger partial charge on any atom is -0.370 e. The van der Waals surface area contributed by atoms with Gasteiger partial charge in [0.1, 0.15) is 12.4 Å². The van der Waals surface area contributed by atoms with Crippen molar-refractivity contribution in [3.05, 3.63) is 35.9 Å². The van der Waals surface area contributed by atoms with Gasteiger partial charge in [-0.1, -0.05) is 18.2 Å². The average Bonchev–Trinajstić information content (AvgIpc) is 2.37. The topological polar surface area (TPSA) is 34.2 Å². The highest BCUT2D eigenvalue weighted by atomic mass is 19.4. The lowest BCUT2D eigenvalue weighted by molar-refractivity contribution is -0.172. The van der Waals surface area contributed by atoms with Gasteiger partial charge in [0.2, 0.25) is 0 Å². The Bertz CT molecular complexity index is 584. The maximum Gasteiger partial charge on any atom is 0.411 e. The maximum absolute atomic E-state index is 11.9. The molecule has 2 rings (SSSR count). The number of alkyl halides is 3. The molecule has 1 N–H and O–H groups in total. The fourth-order valence-corrected chi connectivity index (χ4v) is 1.83. The molecule has 1 aromatic carbocycles. The van der Waals surface area contributed by atoms with Crippen LogP contribution in [0.3, 0.4) is 0 Å². The molecule has 0 aliphatic heterocycles. The molecule has 0 aliphatic carbocycles. The fraction of sp³-hybridized carbons (Fsp3) is 0.357. The number of fused-ring (bicyclic) bond motifs is 1. The van der Waals surface area contributed by atoms with E-state index < -0.39 is 12.8 Å². The fourth-order valence-electron chi connectivity index (χ4n) is 1.83. The van der Waals surface area contributed by atoms with Gasteiger partial charge in [-0.25, -0.2) is 4.98 Å². The molecule has 0 unspecified atom stereocenters. The van der Waals surface area contributed by atoms with E-state index in [0.29, 0.717) is 5.82 Å². The molecule has 1 heterocycles. The second kappa shape index (κ2) is 6.09. The summed E-state index contributed by atoms with van der Waals surface area (Å²) in [5, 5.41) is 4.02. The number of hydrogen-bond acceptors (Lipinski definition) is 3. The molecule has 0 amide bonds. The zero-order valence-electron chi connectivity index (χ0n) is 11.0. The Hall–Kier alpha value is -1.82. The molecule has 0 aliphatic rings. The number of rotatable bonds is 5. The molecule has 0 bridgehead atoms. The molecule has 0 fully saturated rings. The monoisotopic (exact) mass is 284 g/mol. The van der Waals surface area contributed by atoms with E-state index in [0.717, 1.165) is 16.5 Å². The zero-order valence-corrected chi connectivity index (χ0v) is 11.0. The molecular weight excluding hydrogens is 269 g/mol. The average molecular weight is 284 g/mol. The molecule has 6 heteroatoms. The van der Waals surface area contributed by atoms with E-state index in [-0.39, 0.29) is 13.2 Å². The van der Waals surface area contributed by atoms with Crippen LogP contribution in [0.5, 0.6) is 0 Å². The van der Waals surface area contributed by atoms with Gasteiger partial charge in [0, 0.05) is 11.9 Å². The number of anilines is 1. The number of pyridine rings is 1. The number of aromatic nitrogens is 1. The van der Waals surface area contributed by atoms with Gasteiger partial charge in [-0.15, -0.1) is 0 Å². The van der Waals surface area contributed by atoms with Gasteiger partial charge < -0.3 is 10.1 Å². The van der Waals surface area contributed by atoms with Crippen molar-refractivity contribution in [2.24, 2.45) is 0 Å².